The van der Waals surface area contributed by atoms with Crippen molar-refractivity contribution >= 4 is 39.6 Å². The van der Waals surface area contributed by atoms with Crippen LogP contribution in [0.25, 0.3) is 10.9 Å². The van der Waals surface area contributed by atoms with Gasteiger partial charge < -0.3 is 15.5 Å². The van der Waals surface area contributed by atoms with Gasteiger partial charge >= 0.3 is 0 Å². The third-order valence-electron chi connectivity index (χ3n) is 4.55. The normalized spacial score (nSPS) is 10.6. The van der Waals surface area contributed by atoms with Crippen molar-refractivity contribution in [3.8, 4) is 0 Å². The van der Waals surface area contributed by atoms with Crippen LogP contribution in [0.1, 0.15) is 10.5 Å². The number of hydrogen-bond donors (Lipinski definition) is 2. The van der Waals surface area contributed by atoms with E-state index >= 15 is 0 Å². The summed E-state index contributed by atoms with van der Waals surface area (Å²) < 4.78 is 0. The fourth-order valence-corrected chi connectivity index (χ4v) is 3.03. The second-order valence-corrected chi connectivity index (χ2v) is 6.83. The van der Waals surface area contributed by atoms with Gasteiger partial charge in [0, 0.05) is 48.9 Å². The average molecular weight is 383 g/mol. The van der Waals surface area contributed by atoms with Gasteiger partial charge in [0.25, 0.3) is 5.91 Å². The molecule has 2 aromatic heterocycles. The maximum Gasteiger partial charge on any atom is 0.274 e. The molecular formula is C23H21N5O. The SMILES string of the molecule is CN(C)c1ccc(Nc2ccnc(C(=O)Nc3cccc4cccnc34)c2)cc1. The van der Waals surface area contributed by atoms with Crippen molar-refractivity contribution < 1.29 is 4.79 Å². The van der Waals surface area contributed by atoms with Crippen molar-refractivity contribution in [3.63, 3.8) is 0 Å². The van der Waals surface area contributed by atoms with Crippen LogP contribution in [0.3, 0.4) is 0 Å². The molecule has 0 aliphatic heterocycles. The first-order chi connectivity index (χ1) is 14.1. The lowest BCUT2D eigenvalue weighted by Crippen LogP contribution is -2.14. The minimum absolute atomic E-state index is 0.283. The smallest absolute Gasteiger partial charge is 0.274 e. The summed E-state index contributed by atoms with van der Waals surface area (Å²) in [5.41, 5.74) is 4.58. The summed E-state index contributed by atoms with van der Waals surface area (Å²) >= 11 is 0. The molecular weight excluding hydrogens is 362 g/mol. The first-order valence-corrected chi connectivity index (χ1v) is 9.26. The Morgan fingerprint density at radius 3 is 2.45 bits per heavy atom. The number of carbonyl (C=O) groups is 1. The zero-order chi connectivity index (χ0) is 20.2. The molecule has 0 radical (unpaired) electrons. The lowest BCUT2D eigenvalue weighted by Gasteiger charge is -2.13. The second kappa shape index (κ2) is 7.98. The van der Waals surface area contributed by atoms with Gasteiger partial charge in [-0.2, -0.15) is 0 Å². The summed E-state index contributed by atoms with van der Waals surface area (Å²) in [4.78, 5) is 23.4. The van der Waals surface area contributed by atoms with Crippen LogP contribution in [-0.4, -0.2) is 30.0 Å². The first kappa shape index (κ1) is 18.4. The molecule has 0 aliphatic rings. The van der Waals surface area contributed by atoms with Gasteiger partial charge in [0.2, 0.25) is 0 Å². The molecule has 0 saturated heterocycles. The van der Waals surface area contributed by atoms with Gasteiger partial charge in [-0.3, -0.25) is 14.8 Å². The highest BCUT2D eigenvalue weighted by molar-refractivity contribution is 6.07. The second-order valence-electron chi connectivity index (χ2n) is 6.83. The molecule has 6 heteroatoms. The summed E-state index contributed by atoms with van der Waals surface area (Å²) in [5, 5.41) is 7.19. The van der Waals surface area contributed by atoms with Crippen molar-refractivity contribution in [1.82, 2.24) is 9.97 Å². The third kappa shape index (κ3) is 4.16. The molecule has 0 aliphatic carbocycles. The largest absolute Gasteiger partial charge is 0.378 e. The Morgan fingerprint density at radius 2 is 1.66 bits per heavy atom. The lowest BCUT2D eigenvalue weighted by atomic mass is 10.2. The Hall–Kier alpha value is -3.93. The average Bonchev–Trinajstić information content (AvgIpc) is 2.74. The Kier molecular flexibility index (Phi) is 5.07. The standard InChI is InChI=1S/C23H21N5O/c1-28(2)19-10-8-17(9-11-19)26-18-12-14-24-21(15-18)23(29)27-20-7-3-5-16-6-4-13-25-22(16)20/h3-15H,1-2H3,(H,24,26)(H,27,29). The lowest BCUT2D eigenvalue weighted by molar-refractivity contribution is 0.102. The van der Waals surface area contributed by atoms with E-state index in [1.165, 1.54) is 0 Å². The van der Waals surface area contributed by atoms with Crippen molar-refractivity contribution in [2.75, 3.05) is 29.6 Å². The Labute approximate surface area is 169 Å². The maximum atomic E-state index is 12.7. The van der Waals surface area contributed by atoms with Gasteiger partial charge in [-0.1, -0.05) is 18.2 Å². The van der Waals surface area contributed by atoms with Crippen LogP contribution >= 0.6 is 0 Å². The Bertz CT molecular complexity index is 1150. The van der Waals surface area contributed by atoms with Crippen LogP contribution in [0, 0.1) is 0 Å². The molecule has 2 N–H and O–H groups in total. The quantitative estimate of drug-likeness (QED) is 0.523. The molecule has 1 amide bonds. The maximum absolute atomic E-state index is 12.7. The van der Waals surface area contributed by atoms with Crippen LogP contribution in [0.4, 0.5) is 22.7 Å². The fraction of sp³-hybridized carbons (Fsp3) is 0.0870. The number of anilines is 4. The van der Waals surface area contributed by atoms with Crippen LogP contribution in [0.2, 0.25) is 0 Å². The number of aromatic nitrogens is 2. The van der Waals surface area contributed by atoms with Crippen LogP contribution in [0.5, 0.6) is 0 Å². The molecule has 0 unspecified atom stereocenters. The molecule has 0 saturated carbocycles. The summed E-state index contributed by atoms with van der Waals surface area (Å²) in [7, 11) is 4.00. The number of benzene rings is 2. The molecule has 4 rings (SSSR count). The predicted molar refractivity (Wildman–Crippen MR) is 118 cm³/mol. The zero-order valence-electron chi connectivity index (χ0n) is 16.3. The van der Waals surface area contributed by atoms with Gasteiger partial charge in [-0.15, -0.1) is 0 Å². The molecule has 2 heterocycles. The molecule has 0 atom stereocenters. The number of pyridine rings is 2. The van der Waals surface area contributed by atoms with E-state index < -0.39 is 0 Å². The minimum atomic E-state index is -0.283. The van der Waals surface area contributed by atoms with Crippen molar-refractivity contribution in [2.45, 2.75) is 0 Å². The number of amides is 1. The Balaban J connectivity index is 1.52. The highest BCUT2D eigenvalue weighted by Crippen LogP contribution is 2.23. The van der Waals surface area contributed by atoms with Crippen molar-refractivity contribution in [1.29, 1.82) is 0 Å². The van der Waals surface area contributed by atoms with Gasteiger partial charge in [-0.25, -0.2) is 0 Å². The number of fused-ring (bicyclic) bond motifs is 1. The highest BCUT2D eigenvalue weighted by atomic mass is 16.1. The van der Waals surface area contributed by atoms with E-state index in [9.17, 15) is 4.79 Å². The van der Waals surface area contributed by atoms with Gasteiger partial charge in [-0.05, 0) is 48.5 Å². The molecule has 144 valence electrons. The van der Waals surface area contributed by atoms with E-state index in [1.807, 2.05) is 79.7 Å². The summed E-state index contributed by atoms with van der Waals surface area (Å²) in [6.45, 7) is 0. The first-order valence-electron chi connectivity index (χ1n) is 9.26. The van der Waals surface area contributed by atoms with E-state index in [-0.39, 0.29) is 5.91 Å². The van der Waals surface area contributed by atoms with E-state index in [1.54, 1.807) is 18.5 Å². The fourth-order valence-electron chi connectivity index (χ4n) is 3.03. The number of hydrogen-bond acceptors (Lipinski definition) is 5. The van der Waals surface area contributed by atoms with Crippen molar-refractivity contribution in [2.24, 2.45) is 0 Å². The summed E-state index contributed by atoms with van der Waals surface area (Å²) in [5.74, 6) is -0.283. The molecule has 0 bridgehead atoms. The van der Waals surface area contributed by atoms with Crippen LogP contribution in [0.15, 0.2) is 79.1 Å². The number of para-hydroxylation sites is 1. The van der Waals surface area contributed by atoms with E-state index in [4.69, 9.17) is 0 Å². The number of rotatable bonds is 5. The van der Waals surface area contributed by atoms with E-state index in [0.717, 1.165) is 28.0 Å². The summed E-state index contributed by atoms with van der Waals surface area (Å²) in [6, 6.07) is 21.1. The van der Waals surface area contributed by atoms with Gasteiger partial charge in [0.1, 0.15) is 5.69 Å². The molecule has 4 aromatic rings. The van der Waals surface area contributed by atoms with Gasteiger partial charge in [0.15, 0.2) is 0 Å². The number of nitrogens with one attached hydrogen (secondary N) is 2. The number of carbonyl (C=O) groups excluding carboxylic acids is 1. The molecule has 0 spiro atoms. The Morgan fingerprint density at radius 1 is 0.862 bits per heavy atom. The number of nitrogens with zero attached hydrogens (tertiary/aromatic N) is 3. The molecule has 2 aromatic carbocycles. The minimum Gasteiger partial charge on any atom is -0.378 e. The van der Waals surface area contributed by atoms with E-state index in [0.29, 0.717) is 11.4 Å². The highest BCUT2D eigenvalue weighted by Gasteiger charge is 2.11. The van der Waals surface area contributed by atoms with Gasteiger partial charge in [0.05, 0.1) is 11.2 Å². The zero-order valence-corrected chi connectivity index (χ0v) is 16.3. The topological polar surface area (TPSA) is 70.2 Å². The predicted octanol–water partition coefficient (Wildman–Crippen LogP) is 4.69. The van der Waals surface area contributed by atoms with Crippen molar-refractivity contribution in [3.05, 3.63) is 84.8 Å². The summed E-state index contributed by atoms with van der Waals surface area (Å²) in [6.07, 6.45) is 3.33. The van der Waals surface area contributed by atoms with Crippen LogP contribution < -0.4 is 15.5 Å². The molecule has 6 nitrogen and oxygen atoms in total. The van der Waals surface area contributed by atoms with Crippen LogP contribution in [-0.2, 0) is 0 Å². The van der Waals surface area contributed by atoms with E-state index in [2.05, 4.69) is 20.6 Å². The third-order valence-corrected chi connectivity index (χ3v) is 4.55. The monoisotopic (exact) mass is 383 g/mol. The molecule has 29 heavy (non-hydrogen) atoms. The molecule has 0 fully saturated rings.